The zero-order valence-electron chi connectivity index (χ0n) is 10.7. The van der Waals surface area contributed by atoms with Crippen LogP contribution in [0, 0.1) is 6.92 Å². The molecule has 0 radical (unpaired) electrons. The second kappa shape index (κ2) is 6.47. The van der Waals surface area contributed by atoms with E-state index in [0.717, 1.165) is 31.0 Å². The summed E-state index contributed by atoms with van der Waals surface area (Å²) in [7, 11) is 0. The van der Waals surface area contributed by atoms with Gasteiger partial charge in [-0.2, -0.15) is 0 Å². The van der Waals surface area contributed by atoms with Crippen molar-refractivity contribution in [2.45, 2.75) is 58.2 Å². The van der Waals surface area contributed by atoms with Crippen LogP contribution >= 0.6 is 11.3 Å². The summed E-state index contributed by atoms with van der Waals surface area (Å²) in [5, 5.41) is 4.78. The van der Waals surface area contributed by atoms with Crippen molar-refractivity contribution < 1.29 is 4.74 Å². The Balaban J connectivity index is 1.75. The molecule has 3 nitrogen and oxygen atoms in total. The first kappa shape index (κ1) is 13.0. The van der Waals surface area contributed by atoms with Crippen LogP contribution in [0.25, 0.3) is 0 Å². The minimum absolute atomic E-state index is 0.467. The molecule has 2 heterocycles. The molecule has 4 heteroatoms. The summed E-state index contributed by atoms with van der Waals surface area (Å²) in [5.41, 5.74) is 0. The number of ether oxygens (including phenoxy) is 1. The predicted molar refractivity (Wildman–Crippen MR) is 71.4 cm³/mol. The van der Waals surface area contributed by atoms with Crippen LogP contribution in [0.4, 0.5) is 0 Å². The Morgan fingerprint density at radius 3 is 3.18 bits per heavy atom. The normalized spacial score (nSPS) is 25.1. The smallest absolute Gasteiger partial charge is 0.0897 e. The van der Waals surface area contributed by atoms with Crippen LogP contribution in [0.2, 0.25) is 0 Å². The molecule has 0 amide bonds. The van der Waals surface area contributed by atoms with Gasteiger partial charge in [-0.3, -0.25) is 0 Å². The highest BCUT2D eigenvalue weighted by atomic mass is 32.1. The molecule has 0 spiro atoms. The van der Waals surface area contributed by atoms with Crippen molar-refractivity contribution in [1.82, 2.24) is 10.3 Å². The maximum atomic E-state index is 5.76. The van der Waals surface area contributed by atoms with Crippen molar-refractivity contribution >= 4 is 11.3 Å². The first-order valence-electron chi connectivity index (χ1n) is 6.54. The summed E-state index contributed by atoms with van der Waals surface area (Å²) in [6.45, 7) is 6.14. The molecule has 2 rings (SSSR count). The van der Waals surface area contributed by atoms with Crippen molar-refractivity contribution in [3.8, 4) is 0 Å². The van der Waals surface area contributed by atoms with Crippen LogP contribution in [0.3, 0.4) is 0 Å². The van der Waals surface area contributed by atoms with E-state index in [4.69, 9.17) is 4.74 Å². The molecule has 1 aromatic rings. The second-order valence-electron chi connectivity index (χ2n) is 4.73. The SMILES string of the molecule is CCCC1CC(NCc2cnc(C)s2)CCO1. The molecule has 1 aliphatic rings. The van der Waals surface area contributed by atoms with Gasteiger partial charge in [-0.05, 0) is 26.2 Å². The molecule has 2 unspecified atom stereocenters. The van der Waals surface area contributed by atoms with E-state index in [1.807, 2.05) is 6.20 Å². The predicted octanol–water partition coefficient (Wildman–Crippen LogP) is 2.89. The van der Waals surface area contributed by atoms with E-state index in [9.17, 15) is 0 Å². The molecule has 17 heavy (non-hydrogen) atoms. The summed E-state index contributed by atoms with van der Waals surface area (Å²) >= 11 is 1.78. The fourth-order valence-electron chi connectivity index (χ4n) is 2.32. The minimum atomic E-state index is 0.467. The van der Waals surface area contributed by atoms with Gasteiger partial charge in [-0.15, -0.1) is 11.3 Å². The molecule has 0 aliphatic carbocycles. The van der Waals surface area contributed by atoms with Gasteiger partial charge in [0.05, 0.1) is 11.1 Å². The molecule has 1 N–H and O–H groups in total. The monoisotopic (exact) mass is 254 g/mol. The quantitative estimate of drug-likeness (QED) is 0.877. The zero-order valence-corrected chi connectivity index (χ0v) is 11.6. The number of thiazole rings is 1. The molecule has 2 atom stereocenters. The summed E-state index contributed by atoms with van der Waals surface area (Å²) in [5.74, 6) is 0. The third-order valence-corrected chi connectivity index (χ3v) is 4.12. The summed E-state index contributed by atoms with van der Waals surface area (Å²) in [4.78, 5) is 5.61. The van der Waals surface area contributed by atoms with Crippen LogP contribution in [-0.4, -0.2) is 23.7 Å². The van der Waals surface area contributed by atoms with E-state index in [0.29, 0.717) is 12.1 Å². The lowest BCUT2D eigenvalue weighted by atomic mass is 10.0. The fourth-order valence-corrected chi connectivity index (χ4v) is 3.07. The molecule has 1 fully saturated rings. The van der Waals surface area contributed by atoms with Crippen LogP contribution in [0.5, 0.6) is 0 Å². The van der Waals surface area contributed by atoms with Crippen LogP contribution in [-0.2, 0) is 11.3 Å². The number of aryl methyl sites for hydroxylation is 1. The van der Waals surface area contributed by atoms with E-state index in [-0.39, 0.29) is 0 Å². The van der Waals surface area contributed by atoms with Crippen molar-refractivity contribution in [3.05, 3.63) is 16.1 Å². The van der Waals surface area contributed by atoms with Crippen LogP contribution < -0.4 is 5.32 Å². The molecule has 1 saturated heterocycles. The molecule has 1 aromatic heterocycles. The van der Waals surface area contributed by atoms with Gasteiger partial charge in [0.1, 0.15) is 0 Å². The van der Waals surface area contributed by atoms with Gasteiger partial charge in [0.15, 0.2) is 0 Å². The molecular formula is C13H22N2OS. The molecule has 1 aliphatic heterocycles. The van der Waals surface area contributed by atoms with E-state index in [2.05, 4.69) is 24.1 Å². The Labute approximate surface area is 108 Å². The van der Waals surface area contributed by atoms with Gasteiger partial charge >= 0.3 is 0 Å². The second-order valence-corrected chi connectivity index (χ2v) is 6.05. The van der Waals surface area contributed by atoms with Gasteiger partial charge in [0, 0.05) is 30.3 Å². The van der Waals surface area contributed by atoms with Crippen LogP contribution in [0.15, 0.2) is 6.20 Å². The third kappa shape index (κ3) is 4.05. The number of hydrogen-bond donors (Lipinski definition) is 1. The Kier molecular flexibility index (Phi) is 4.95. The average Bonchev–Trinajstić information content (AvgIpc) is 2.74. The first-order valence-corrected chi connectivity index (χ1v) is 7.36. The molecular weight excluding hydrogens is 232 g/mol. The largest absolute Gasteiger partial charge is 0.378 e. The van der Waals surface area contributed by atoms with Gasteiger partial charge in [0.2, 0.25) is 0 Å². The van der Waals surface area contributed by atoms with E-state index < -0.39 is 0 Å². The summed E-state index contributed by atoms with van der Waals surface area (Å²) < 4.78 is 5.76. The fraction of sp³-hybridized carbons (Fsp3) is 0.769. The minimum Gasteiger partial charge on any atom is -0.378 e. The average molecular weight is 254 g/mol. The van der Waals surface area contributed by atoms with Crippen molar-refractivity contribution in [1.29, 1.82) is 0 Å². The third-order valence-electron chi connectivity index (χ3n) is 3.21. The molecule has 0 saturated carbocycles. The molecule has 96 valence electrons. The highest BCUT2D eigenvalue weighted by molar-refractivity contribution is 7.11. The Bertz CT molecular complexity index is 338. The topological polar surface area (TPSA) is 34.2 Å². The number of rotatable bonds is 5. The number of hydrogen-bond acceptors (Lipinski definition) is 4. The zero-order chi connectivity index (χ0) is 12.1. The lowest BCUT2D eigenvalue weighted by Crippen LogP contribution is -2.38. The highest BCUT2D eigenvalue weighted by Crippen LogP contribution is 2.19. The molecule has 0 aromatic carbocycles. The Hall–Kier alpha value is -0.450. The standard InChI is InChI=1S/C13H22N2OS/c1-3-4-12-7-11(5-6-16-12)15-9-13-8-14-10(2)17-13/h8,11-12,15H,3-7,9H2,1-2H3. The highest BCUT2D eigenvalue weighted by Gasteiger charge is 2.21. The number of nitrogens with one attached hydrogen (secondary N) is 1. The number of aromatic nitrogens is 1. The van der Waals surface area contributed by atoms with Crippen molar-refractivity contribution in [3.63, 3.8) is 0 Å². The summed E-state index contributed by atoms with van der Waals surface area (Å²) in [6, 6.07) is 0.614. The number of nitrogens with zero attached hydrogens (tertiary/aromatic N) is 1. The van der Waals surface area contributed by atoms with Gasteiger partial charge in [0.25, 0.3) is 0 Å². The van der Waals surface area contributed by atoms with Crippen molar-refractivity contribution in [2.75, 3.05) is 6.61 Å². The lowest BCUT2D eigenvalue weighted by Gasteiger charge is -2.30. The van der Waals surface area contributed by atoms with Crippen LogP contribution in [0.1, 0.15) is 42.5 Å². The Morgan fingerprint density at radius 1 is 1.59 bits per heavy atom. The van der Waals surface area contributed by atoms with Gasteiger partial charge < -0.3 is 10.1 Å². The lowest BCUT2D eigenvalue weighted by molar-refractivity contribution is -0.00338. The molecule has 0 bridgehead atoms. The maximum absolute atomic E-state index is 5.76. The van der Waals surface area contributed by atoms with E-state index >= 15 is 0 Å². The summed E-state index contributed by atoms with van der Waals surface area (Å²) in [6.07, 6.45) is 7.15. The first-order chi connectivity index (χ1) is 8.28. The van der Waals surface area contributed by atoms with Gasteiger partial charge in [-0.25, -0.2) is 4.98 Å². The van der Waals surface area contributed by atoms with E-state index in [1.165, 1.54) is 17.7 Å². The van der Waals surface area contributed by atoms with Crippen molar-refractivity contribution in [2.24, 2.45) is 0 Å². The van der Waals surface area contributed by atoms with Gasteiger partial charge in [-0.1, -0.05) is 13.3 Å². The Morgan fingerprint density at radius 2 is 2.47 bits per heavy atom. The van der Waals surface area contributed by atoms with E-state index in [1.54, 1.807) is 11.3 Å². The maximum Gasteiger partial charge on any atom is 0.0897 e.